The molecule has 0 bridgehead atoms. The fraction of sp³-hybridized carbons (Fsp3) is 0.429. The van der Waals surface area contributed by atoms with Crippen LogP contribution in [0, 0.1) is 0 Å². The molecule has 1 aromatic carbocycles. The minimum absolute atomic E-state index is 0.115. The molecule has 0 radical (unpaired) electrons. The number of halogens is 1. The zero-order chi connectivity index (χ0) is 14.1. The molecule has 1 unspecified atom stereocenters. The first-order valence-corrected chi connectivity index (χ1v) is 7.14. The molecule has 0 aliphatic carbocycles. The van der Waals surface area contributed by atoms with Crippen molar-refractivity contribution in [2.75, 3.05) is 7.11 Å². The molecule has 3 rings (SSSR count). The van der Waals surface area contributed by atoms with Crippen LogP contribution in [0.25, 0.3) is 11.0 Å². The van der Waals surface area contributed by atoms with Crippen molar-refractivity contribution in [2.24, 2.45) is 0 Å². The summed E-state index contributed by atoms with van der Waals surface area (Å²) in [5.41, 5.74) is 1.80. The van der Waals surface area contributed by atoms with Crippen LogP contribution in [0.5, 0.6) is 5.75 Å². The van der Waals surface area contributed by atoms with Gasteiger partial charge in [-0.2, -0.15) is 0 Å². The molecule has 0 spiro atoms. The van der Waals surface area contributed by atoms with Crippen molar-refractivity contribution in [2.45, 2.75) is 31.3 Å². The summed E-state index contributed by atoms with van der Waals surface area (Å²) in [5, 5.41) is 2.97. The van der Waals surface area contributed by atoms with Crippen LogP contribution < -0.4 is 10.1 Å². The minimum Gasteiger partial charge on any atom is -0.494 e. The molecule has 2 aromatic rings. The van der Waals surface area contributed by atoms with Gasteiger partial charge in [0.1, 0.15) is 17.1 Å². The molecule has 1 saturated heterocycles. The second-order valence-corrected chi connectivity index (χ2v) is 5.17. The first-order chi connectivity index (χ1) is 9.72. The van der Waals surface area contributed by atoms with E-state index in [-0.39, 0.29) is 11.9 Å². The molecule has 0 saturated carbocycles. The molecule has 1 aliphatic heterocycles. The largest absolute Gasteiger partial charge is 0.494 e. The average molecular weight is 294 g/mol. The van der Waals surface area contributed by atoms with Gasteiger partial charge >= 0.3 is 0 Å². The van der Waals surface area contributed by atoms with Gasteiger partial charge in [0.25, 0.3) is 0 Å². The van der Waals surface area contributed by atoms with E-state index in [1.54, 1.807) is 7.11 Å². The van der Waals surface area contributed by atoms with Gasteiger partial charge in [-0.05, 0) is 18.6 Å². The normalized spacial score (nSPS) is 18.5. The lowest BCUT2D eigenvalue weighted by atomic mass is 10.2. The van der Waals surface area contributed by atoms with E-state index in [0.29, 0.717) is 18.8 Å². The summed E-state index contributed by atoms with van der Waals surface area (Å²) in [7, 11) is 1.63. The van der Waals surface area contributed by atoms with E-state index in [2.05, 4.69) is 14.9 Å². The first-order valence-electron chi connectivity index (χ1n) is 6.60. The van der Waals surface area contributed by atoms with Crippen molar-refractivity contribution in [3.8, 4) is 5.75 Å². The lowest BCUT2D eigenvalue weighted by Crippen LogP contribution is -2.30. The van der Waals surface area contributed by atoms with Gasteiger partial charge in [0.15, 0.2) is 0 Å². The Balaban J connectivity index is 2.02. The van der Waals surface area contributed by atoms with E-state index < -0.39 is 0 Å². The maximum atomic E-state index is 11.3. The molecule has 1 N–H and O–H groups in total. The molecular weight excluding hydrogens is 278 g/mol. The Morgan fingerprint density at radius 2 is 2.40 bits per heavy atom. The molecule has 1 aromatic heterocycles. The topological polar surface area (TPSA) is 56.2 Å². The Labute approximate surface area is 121 Å². The molecule has 6 heteroatoms. The number of hydrogen-bond donors (Lipinski definition) is 1. The van der Waals surface area contributed by atoms with E-state index >= 15 is 0 Å². The Hall–Kier alpha value is -1.75. The highest BCUT2D eigenvalue weighted by atomic mass is 35.5. The monoisotopic (exact) mass is 293 g/mol. The third-order valence-corrected chi connectivity index (χ3v) is 3.89. The third-order valence-electron chi connectivity index (χ3n) is 3.65. The number of alkyl halides is 1. The smallest absolute Gasteiger partial charge is 0.220 e. The fourth-order valence-corrected chi connectivity index (χ4v) is 2.88. The highest BCUT2D eigenvalue weighted by Gasteiger charge is 2.23. The van der Waals surface area contributed by atoms with Gasteiger partial charge in [0, 0.05) is 19.0 Å². The van der Waals surface area contributed by atoms with Crippen molar-refractivity contribution in [3.05, 3.63) is 24.0 Å². The van der Waals surface area contributed by atoms with Crippen molar-refractivity contribution in [1.29, 1.82) is 0 Å². The van der Waals surface area contributed by atoms with Gasteiger partial charge in [0.2, 0.25) is 5.91 Å². The number of methoxy groups -OCH3 is 1. The number of aromatic nitrogens is 2. The predicted octanol–water partition coefficient (Wildman–Crippen LogP) is 2.06. The number of carbonyl (C=O) groups is 1. The molecule has 1 atom stereocenters. The summed E-state index contributed by atoms with van der Waals surface area (Å²) >= 11 is 6.00. The maximum Gasteiger partial charge on any atom is 0.220 e. The Morgan fingerprint density at radius 1 is 1.55 bits per heavy atom. The molecule has 2 heterocycles. The van der Waals surface area contributed by atoms with Crippen LogP contribution >= 0.6 is 11.6 Å². The van der Waals surface area contributed by atoms with E-state index in [9.17, 15) is 4.79 Å². The molecule has 1 amide bonds. The van der Waals surface area contributed by atoms with E-state index in [1.807, 2.05) is 18.2 Å². The van der Waals surface area contributed by atoms with Crippen molar-refractivity contribution >= 4 is 28.5 Å². The van der Waals surface area contributed by atoms with Crippen molar-refractivity contribution in [1.82, 2.24) is 14.9 Å². The van der Waals surface area contributed by atoms with Crippen LogP contribution in [0.2, 0.25) is 0 Å². The number of imidazole rings is 1. The minimum atomic E-state index is 0.115. The standard InChI is InChI=1S/C14H16ClN3O2/c1-20-11-4-2-3-10-14(11)17-12(7-15)18(10)8-9-5-6-13(19)16-9/h2-4,9H,5-8H2,1H3,(H,16,19). The quantitative estimate of drug-likeness (QED) is 0.878. The second kappa shape index (κ2) is 5.32. The summed E-state index contributed by atoms with van der Waals surface area (Å²) < 4.78 is 7.41. The molecule has 1 fully saturated rings. The summed E-state index contributed by atoms with van der Waals surface area (Å²) in [5.74, 6) is 1.98. The van der Waals surface area contributed by atoms with Crippen LogP contribution in [0.15, 0.2) is 18.2 Å². The van der Waals surface area contributed by atoms with Gasteiger partial charge in [-0.15, -0.1) is 11.6 Å². The number of carbonyl (C=O) groups excluding carboxylic acids is 1. The van der Waals surface area contributed by atoms with Crippen LogP contribution in [0.4, 0.5) is 0 Å². The number of nitrogens with one attached hydrogen (secondary N) is 1. The SMILES string of the molecule is COc1cccc2c1nc(CCl)n2CC1CCC(=O)N1. The number of fused-ring (bicyclic) bond motifs is 1. The molecule has 5 nitrogen and oxygen atoms in total. The zero-order valence-electron chi connectivity index (χ0n) is 11.2. The number of rotatable bonds is 4. The fourth-order valence-electron chi connectivity index (χ4n) is 2.67. The number of nitrogens with zero attached hydrogens (tertiary/aromatic N) is 2. The highest BCUT2D eigenvalue weighted by Crippen LogP contribution is 2.27. The van der Waals surface area contributed by atoms with Crippen molar-refractivity contribution in [3.63, 3.8) is 0 Å². The second-order valence-electron chi connectivity index (χ2n) is 4.90. The maximum absolute atomic E-state index is 11.3. The zero-order valence-corrected chi connectivity index (χ0v) is 12.0. The Morgan fingerprint density at radius 3 is 3.05 bits per heavy atom. The van der Waals surface area contributed by atoms with E-state index in [4.69, 9.17) is 16.3 Å². The molecule has 1 aliphatic rings. The van der Waals surface area contributed by atoms with Gasteiger partial charge < -0.3 is 14.6 Å². The summed E-state index contributed by atoms with van der Waals surface area (Å²) in [4.78, 5) is 15.9. The first kappa shape index (κ1) is 13.2. The number of hydrogen-bond acceptors (Lipinski definition) is 3. The van der Waals surface area contributed by atoms with Gasteiger partial charge in [-0.3, -0.25) is 4.79 Å². The third kappa shape index (κ3) is 2.22. The molecule has 106 valence electrons. The molecular formula is C14H16ClN3O2. The lowest BCUT2D eigenvalue weighted by Gasteiger charge is -2.13. The average Bonchev–Trinajstić information content (AvgIpc) is 3.03. The van der Waals surface area contributed by atoms with Gasteiger partial charge in [0.05, 0.1) is 18.5 Å². The summed E-state index contributed by atoms with van der Waals surface area (Å²) in [6.45, 7) is 0.692. The summed E-state index contributed by atoms with van der Waals surface area (Å²) in [6.07, 6.45) is 1.45. The van der Waals surface area contributed by atoms with E-state index in [1.165, 1.54) is 0 Å². The van der Waals surface area contributed by atoms with Crippen LogP contribution in [0.1, 0.15) is 18.7 Å². The lowest BCUT2D eigenvalue weighted by molar-refractivity contribution is -0.119. The highest BCUT2D eigenvalue weighted by molar-refractivity contribution is 6.16. The summed E-state index contributed by atoms with van der Waals surface area (Å²) in [6, 6.07) is 5.96. The number of ether oxygens (including phenoxy) is 1. The van der Waals surface area contributed by atoms with Gasteiger partial charge in [-0.25, -0.2) is 4.98 Å². The van der Waals surface area contributed by atoms with Crippen LogP contribution in [0.3, 0.4) is 0 Å². The van der Waals surface area contributed by atoms with Gasteiger partial charge in [-0.1, -0.05) is 6.07 Å². The number of benzene rings is 1. The number of amides is 1. The predicted molar refractivity (Wildman–Crippen MR) is 77.0 cm³/mol. The Bertz CT molecular complexity index is 653. The molecule has 20 heavy (non-hydrogen) atoms. The van der Waals surface area contributed by atoms with Crippen LogP contribution in [-0.2, 0) is 17.2 Å². The number of para-hydroxylation sites is 1. The van der Waals surface area contributed by atoms with E-state index in [0.717, 1.165) is 29.0 Å². The Kier molecular flexibility index (Phi) is 3.53. The van der Waals surface area contributed by atoms with Crippen molar-refractivity contribution < 1.29 is 9.53 Å². The van der Waals surface area contributed by atoms with Crippen LogP contribution in [-0.4, -0.2) is 28.6 Å².